The van der Waals surface area contributed by atoms with E-state index in [-0.39, 0.29) is 5.91 Å². The maximum absolute atomic E-state index is 13.2. The molecule has 0 aliphatic heterocycles. The molecule has 0 aliphatic carbocycles. The highest BCUT2D eigenvalue weighted by Gasteiger charge is 2.14. The fourth-order valence-electron chi connectivity index (χ4n) is 3.99. The summed E-state index contributed by atoms with van der Waals surface area (Å²) in [6, 6.07) is 34.4. The quantitative estimate of drug-likeness (QED) is 0.249. The van der Waals surface area contributed by atoms with Crippen LogP contribution in [0.1, 0.15) is 35.2 Å². The molecule has 1 heterocycles. The van der Waals surface area contributed by atoms with Crippen molar-refractivity contribution < 1.29 is 9.53 Å². The molecule has 1 amide bonds. The highest BCUT2D eigenvalue weighted by molar-refractivity contribution is 5.76. The van der Waals surface area contributed by atoms with Crippen molar-refractivity contribution >= 4 is 5.91 Å². The highest BCUT2D eigenvalue weighted by atomic mass is 16.5. The Morgan fingerprint density at radius 3 is 2.09 bits per heavy atom. The van der Waals surface area contributed by atoms with Gasteiger partial charge < -0.3 is 9.64 Å². The van der Waals surface area contributed by atoms with E-state index in [0.29, 0.717) is 26.1 Å². The third-order valence-electron chi connectivity index (χ3n) is 5.96. The lowest BCUT2D eigenvalue weighted by atomic mass is 10.1. The van der Waals surface area contributed by atoms with Crippen molar-refractivity contribution in [2.75, 3.05) is 6.54 Å². The Hall–Kier alpha value is -3.92. The molecule has 0 fully saturated rings. The van der Waals surface area contributed by atoms with Crippen LogP contribution < -0.4 is 4.74 Å². The molecule has 0 N–H and O–H groups in total. The van der Waals surface area contributed by atoms with Crippen molar-refractivity contribution in [3.63, 3.8) is 0 Å². The van der Waals surface area contributed by atoms with Gasteiger partial charge in [-0.15, -0.1) is 0 Å². The molecule has 0 radical (unpaired) electrons. The molecule has 4 heteroatoms. The molecule has 0 saturated carbocycles. The summed E-state index contributed by atoms with van der Waals surface area (Å²) in [5.41, 5.74) is 4.50. The van der Waals surface area contributed by atoms with E-state index < -0.39 is 0 Å². The Bertz CT molecular complexity index is 1150. The molecule has 0 aliphatic rings. The summed E-state index contributed by atoms with van der Waals surface area (Å²) in [5.74, 6) is 1.01. The van der Waals surface area contributed by atoms with Crippen molar-refractivity contribution in [1.82, 2.24) is 9.88 Å². The lowest BCUT2D eigenvalue weighted by molar-refractivity contribution is -0.131. The number of carbonyl (C=O) groups excluding carboxylic acids is 1. The normalized spacial score (nSPS) is 10.6. The average Bonchev–Trinajstić information content (AvgIpc) is 2.92. The molecule has 0 unspecified atom stereocenters. The molecule has 0 atom stereocenters. The molecule has 0 bridgehead atoms. The second kappa shape index (κ2) is 13.1. The van der Waals surface area contributed by atoms with Crippen molar-refractivity contribution in [1.29, 1.82) is 0 Å². The number of ether oxygens (including phenoxy) is 1. The fraction of sp³-hybridized carbons (Fsp3) is 0.226. The maximum Gasteiger partial charge on any atom is 0.222 e. The van der Waals surface area contributed by atoms with E-state index in [1.54, 1.807) is 6.20 Å². The van der Waals surface area contributed by atoms with E-state index in [2.05, 4.69) is 29.2 Å². The number of aromatic nitrogens is 1. The molecule has 3 aromatic carbocycles. The smallest absolute Gasteiger partial charge is 0.222 e. The maximum atomic E-state index is 13.2. The summed E-state index contributed by atoms with van der Waals surface area (Å²) in [6.45, 7) is 1.76. The van der Waals surface area contributed by atoms with E-state index >= 15 is 0 Å². The molecular formula is C31H32N2O2. The number of pyridine rings is 1. The number of rotatable bonds is 12. The van der Waals surface area contributed by atoms with Gasteiger partial charge in [-0.05, 0) is 53.8 Å². The van der Waals surface area contributed by atoms with Crippen LogP contribution in [-0.4, -0.2) is 22.3 Å². The number of amides is 1. The predicted molar refractivity (Wildman–Crippen MR) is 140 cm³/mol. The Labute approximate surface area is 208 Å². The third-order valence-corrected chi connectivity index (χ3v) is 5.96. The van der Waals surface area contributed by atoms with Gasteiger partial charge in [-0.25, -0.2) is 0 Å². The standard InChI is InChI=1S/C31H32N2O2/c34-31(16-9-14-26-10-3-1-4-11-26)33(23-21-29-15-7-8-22-32-29)24-27-17-19-30(20-18-27)35-25-28-12-5-2-6-13-28/h1-8,10-13,15,17-20,22H,9,14,16,21,23-25H2. The van der Waals surface area contributed by atoms with Crippen molar-refractivity contribution in [2.45, 2.75) is 38.8 Å². The largest absolute Gasteiger partial charge is 0.489 e. The second-order valence-electron chi connectivity index (χ2n) is 8.64. The first-order valence-electron chi connectivity index (χ1n) is 12.2. The van der Waals surface area contributed by atoms with Gasteiger partial charge in [0.1, 0.15) is 12.4 Å². The van der Waals surface area contributed by atoms with Crippen LogP contribution in [0.5, 0.6) is 5.75 Å². The van der Waals surface area contributed by atoms with E-state index in [1.807, 2.05) is 83.8 Å². The van der Waals surface area contributed by atoms with Gasteiger partial charge in [-0.3, -0.25) is 9.78 Å². The van der Waals surface area contributed by atoms with Crippen LogP contribution in [0.4, 0.5) is 0 Å². The van der Waals surface area contributed by atoms with Gasteiger partial charge in [0.2, 0.25) is 5.91 Å². The highest BCUT2D eigenvalue weighted by Crippen LogP contribution is 2.17. The number of nitrogens with zero attached hydrogens (tertiary/aromatic N) is 2. The van der Waals surface area contributed by atoms with Gasteiger partial charge >= 0.3 is 0 Å². The zero-order valence-electron chi connectivity index (χ0n) is 20.1. The van der Waals surface area contributed by atoms with Crippen LogP contribution in [-0.2, 0) is 30.8 Å². The molecule has 1 aromatic heterocycles. The Balaban J connectivity index is 1.34. The Morgan fingerprint density at radius 1 is 0.714 bits per heavy atom. The van der Waals surface area contributed by atoms with Gasteiger partial charge in [-0.1, -0.05) is 78.9 Å². The van der Waals surface area contributed by atoms with E-state index in [9.17, 15) is 4.79 Å². The van der Waals surface area contributed by atoms with Crippen molar-refractivity contribution in [3.05, 3.63) is 132 Å². The molecule has 4 aromatic rings. The number of carbonyl (C=O) groups is 1. The van der Waals surface area contributed by atoms with Crippen molar-refractivity contribution in [2.24, 2.45) is 0 Å². The zero-order valence-corrected chi connectivity index (χ0v) is 20.1. The zero-order chi connectivity index (χ0) is 24.1. The van der Waals surface area contributed by atoms with Crippen molar-refractivity contribution in [3.8, 4) is 5.75 Å². The summed E-state index contributed by atoms with van der Waals surface area (Å²) < 4.78 is 5.91. The number of aryl methyl sites for hydroxylation is 1. The van der Waals surface area contributed by atoms with Crippen LogP contribution in [0, 0.1) is 0 Å². The topological polar surface area (TPSA) is 42.4 Å². The van der Waals surface area contributed by atoms with E-state index in [1.165, 1.54) is 5.56 Å². The van der Waals surface area contributed by atoms with Gasteiger partial charge in [-0.2, -0.15) is 0 Å². The molecule has 4 nitrogen and oxygen atoms in total. The summed E-state index contributed by atoms with van der Waals surface area (Å²) >= 11 is 0. The van der Waals surface area contributed by atoms with Crippen LogP contribution in [0.15, 0.2) is 109 Å². The third kappa shape index (κ3) is 8.11. The first-order chi connectivity index (χ1) is 17.3. The number of hydrogen-bond acceptors (Lipinski definition) is 3. The summed E-state index contributed by atoms with van der Waals surface area (Å²) in [5, 5.41) is 0. The lowest BCUT2D eigenvalue weighted by Crippen LogP contribution is -2.32. The summed E-state index contributed by atoms with van der Waals surface area (Å²) in [6.07, 6.45) is 4.83. The SMILES string of the molecule is O=C(CCCc1ccccc1)N(CCc1ccccn1)Cc1ccc(OCc2ccccc2)cc1. The van der Waals surface area contributed by atoms with Crippen LogP contribution in [0.3, 0.4) is 0 Å². The van der Waals surface area contributed by atoms with Gasteiger partial charge in [0.15, 0.2) is 0 Å². The van der Waals surface area contributed by atoms with Gasteiger partial charge in [0.05, 0.1) is 0 Å². The van der Waals surface area contributed by atoms with Gasteiger partial charge in [0.25, 0.3) is 0 Å². The monoisotopic (exact) mass is 464 g/mol. The van der Waals surface area contributed by atoms with Gasteiger partial charge in [0, 0.05) is 37.8 Å². The molecule has 178 valence electrons. The van der Waals surface area contributed by atoms with Crippen LogP contribution in [0.25, 0.3) is 0 Å². The Kier molecular flexibility index (Phi) is 9.06. The lowest BCUT2D eigenvalue weighted by Gasteiger charge is -2.23. The average molecular weight is 465 g/mol. The fourth-order valence-corrected chi connectivity index (χ4v) is 3.99. The molecule has 0 saturated heterocycles. The van der Waals surface area contributed by atoms with E-state index in [4.69, 9.17) is 4.74 Å². The number of benzene rings is 3. The molecular weight excluding hydrogens is 432 g/mol. The second-order valence-corrected chi connectivity index (χ2v) is 8.64. The van der Waals surface area contributed by atoms with Crippen LogP contribution in [0.2, 0.25) is 0 Å². The molecule has 0 spiro atoms. The Morgan fingerprint density at radius 2 is 1.40 bits per heavy atom. The first-order valence-corrected chi connectivity index (χ1v) is 12.2. The number of hydrogen-bond donors (Lipinski definition) is 0. The summed E-state index contributed by atoms with van der Waals surface area (Å²) in [4.78, 5) is 19.5. The predicted octanol–water partition coefficient (Wildman–Crippen LogP) is 6.25. The molecule has 4 rings (SSSR count). The molecule has 35 heavy (non-hydrogen) atoms. The first kappa shape index (κ1) is 24.2. The minimum atomic E-state index is 0.182. The van der Waals surface area contributed by atoms with E-state index in [0.717, 1.165) is 41.8 Å². The minimum absolute atomic E-state index is 0.182. The summed E-state index contributed by atoms with van der Waals surface area (Å²) in [7, 11) is 0. The van der Waals surface area contributed by atoms with Crippen LogP contribution >= 0.6 is 0 Å². The minimum Gasteiger partial charge on any atom is -0.489 e.